The number of hydrogen-bond donors (Lipinski definition) is 0. The molecule has 2 saturated carbocycles. The molecule has 0 amide bonds. The van der Waals surface area contributed by atoms with E-state index < -0.39 is 0 Å². The van der Waals surface area contributed by atoms with Crippen LogP contribution in [0.2, 0.25) is 0 Å². The van der Waals surface area contributed by atoms with E-state index in [1.165, 1.54) is 44.9 Å². The van der Waals surface area contributed by atoms with Gasteiger partial charge in [-0.15, -0.1) is 13.2 Å². The van der Waals surface area contributed by atoms with Gasteiger partial charge in [0, 0.05) is 0 Å². The van der Waals surface area contributed by atoms with Gasteiger partial charge in [0.2, 0.25) is 0 Å². The fourth-order valence-electron chi connectivity index (χ4n) is 4.10. The highest BCUT2D eigenvalue weighted by Crippen LogP contribution is 2.53. The molecule has 3 unspecified atom stereocenters. The van der Waals surface area contributed by atoms with Crippen LogP contribution in [0.4, 0.5) is 0 Å². The first-order valence-electron chi connectivity index (χ1n) is 6.95. The minimum Gasteiger partial charge on any atom is -0.103 e. The lowest BCUT2D eigenvalue weighted by Crippen LogP contribution is -2.31. The van der Waals surface area contributed by atoms with E-state index >= 15 is 0 Å². The average Bonchev–Trinajstić information content (AvgIpc) is 2.74. The Morgan fingerprint density at radius 2 is 1.69 bits per heavy atom. The maximum atomic E-state index is 4.05. The van der Waals surface area contributed by atoms with Gasteiger partial charge < -0.3 is 0 Å². The third-order valence-corrected chi connectivity index (χ3v) is 5.18. The molecule has 0 radical (unpaired) electrons. The molecular weight excluding hydrogens is 192 g/mol. The Kier molecular flexibility index (Phi) is 3.56. The van der Waals surface area contributed by atoms with Gasteiger partial charge in [0.05, 0.1) is 0 Å². The molecule has 0 nitrogen and oxygen atoms in total. The Hall–Kier alpha value is -0.520. The van der Waals surface area contributed by atoms with Gasteiger partial charge in [0.25, 0.3) is 0 Å². The lowest BCUT2D eigenvalue weighted by atomic mass is 9.64. The topological polar surface area (TPSA) is 0 Å². The molecule has 3 atom stereocenters. The van der Waals surface area contributed by atoms with E-state index in [2.05, 4.69) is 32.2 Å². The molecule has 0 bridgehead atoms. The van der Waals surface area contributed by atoms with Crippen LogP contribution in [0.1, 0.15) is 51.9 Å². The first-order valence-corrected chi connectivity index (χ1v) is 6.95. The smallest absolute Gasteiger partial charge is 0.0197 e. The summed E-state index contributed by atoms with van der Waals surface area (Å²) < 4.78 is 0. The normalized spacial score (nSPS) is 38.2. The van der Waals surface area contributed by atoms with Crippen LogP contribution in [0.25, 0.3) is 0 Å². The Morgan fingerprint density at radius 3 is 2.25 bits per heavy atom. The molecule has 0 aromatic rings. The van der Waals surface area contributed by atoms with E-state index in [1.807, 2.05) is 0 Å². The summed E-state index contributed by atoms with van der Waals surface area (Å²) in [5.74, 6) is 2.35. The van der Waals surface area contributed by atoms with Gasteiger partial charge >= 0.3 is 0 Å². The SMILES string of the molecule is C=CC1CC(C=C)C(C2(C)CCCCC2)C1. The molecule has 0 N–H and O–H groups in total. The zero-order chi connectivity index (χ0) is 11.6. The van der Waals surface area contributed by atoms with Gasteiger partial charge in [-0.05, 0) is 48.9 Å². The molecule has 0 heteroatoms. The summed E-state index contributed by atoms with van der Waals surface area (Å²) >= 11 is 0. The van der Waals surface area contributed by atoms with Gasteiger partial charge in [-0.1, -0.05) is 38.3 Å². The van der Waals surface area contributed by atoms with Crippen molar-refractivity contribution < 1.29 is 0 Å². The van der Waals surface area contributed by atoms with Crippen LogP contribution in [0, 0.1) is 23.2 Å². The first kappa shape index (κ1) is 12.0. The summed E-state index contributed by atoms with van der Waals surface area (Å²) in [4.78, 5) is 0. The second kappa shape index (κ2) is 4.77. The lowest BCUT2D eigenvalue weighted by Gasteiger charge is -2.41. The third kappa shape index (κ3) is 2.12. The van der Waals surface area contributed by atoms with Crippen LogP contribution in [0.3, 0.4) is 0 Å². The molecule has 0 aromatic heterocycles. The molecule has 0 aliphatic heterocycles. The number of hydrogen-bond acceptors (Lipinski definition) is 0. The first-order chi connectivity index (χ1) is 7.69. The van der Waals surface area contributed by atoms with Crippen LogP contribution in [-0.4, -0.2) is 0 Å². The molecule has 0 spiro atoms. The molecule has 0 heterocycles. The predicted molar refractivity (Wildman–Crippen MR) is 71.3 cm³/mol. The zero-order valence-corrected chi connectivity index (χ0v) is 10.8. The lowest BCUT2D eigenvalue weighted by molar-refractivity contribution is 0.101. The molecular formula is C16H26. The maximum Gasteiger partial charge on any atom is -0.0197 e. The molecule has 90 valence electrons. The Morgan fingerprint density at radius 1 is 1.00 bits per heavy atom. The van der Waals surface area contributed by atoms with E-state index in [0.717, 1.165) is 17.8 Å². The quantitative estimate of drug-likeness (QED) is 0.587. The molecule has 2 aliphatic carbocycles. The van der Waals surface area contributed by atoms with Crippen LogP contribution in [-0.2, 0) is 0 Å². The molecule has 16 heavy (non-hydrogen) atoms. The van der Waals surface area contributed by atoms with Crippen LogP contribution in [0.5, 0.6) is 0 Å². The Balaban J connectivity index is 2.11. The van der Waals surface area contributed by atoms with Crippen molar-refractivity contribution in [1.82, 2.24) is 0 Å². The van der Waals surface area contributed by atoms with Crippen molar-refractivity contribution in [3.8, 4) is 0 Å². The van der Waals surface area contributed by atoms with E-state index in [1.54, 1.807) is 0 Å². The molecule has 2 fully saturated rings. The standard InChI is InChI=1S/C16H26/c1-4-13-11-14(5-2)15(12-13)16(3)9-7-6-8-10-16/h4-5,13-15H,1-2,6-12H2,3H3. The highest BCUT2D eigenvalue weighted by atomic mass is 14.5. The van der Waals surface area contributed by atoms with Crippen molar-refractivity contribution in [1.29, 1.82) is 0 Å². The van der Waals surface area contributed by atoms with Crippen LogP contribution >= 0.6 is 0 Å². The van der Waals surface area contributed by atoms with Crippen molar-refractivity contribution in [2.75, 3.05) is 0 Å². The van der Waals surface area contributed by atoms with Gasteiger partial charge in [-0.2, -0.15) is 0 Å². The van der Waals surface area contributed by atoms with Gasteiger partial charge in [-0.25, -0.2) is 0 Å². The molecule has 2 rings (SSSR count). The average molecular weight is 218 g/mol. The minimum atomic E-state index is 0.592. The van der Waals surface area contributed by atoms with E-state index in [-0.39, 0.29) is 0 Å². The van der Waals surface area contributed by atoms with E-state index in [0.29, 0.717) is 5.41 Å². The van der Waals surface area contributed by atoms with Gasteiger partial charge in [0.1, 0.15) is 0 Å². The Bertz CT molecular complexity index is 257. The van der Waals surface area contributed by atoms with Gasteiger partial charge in [0.15, 0.2) is 0 Å². The maximum absolute atomic E-state index is 4.05. The van der Waals surface area contributed by atoms with E-state index in [4.69, 9.17) is 0 Å². The largest absolute Gasteiger partial charge is 0.103 e. The van der Waals surface area contributed by atoms with Crippen molar-refractivity contribution in [2.24, 2.45) is 23.2 Å². The summed E-state index contributed by atoms with van der Waals surface area (Å²) in [5, 5.41) is 0. The fraction of sp³-hybridized carbons (Fsp3) is 0.750. The molecule has 0 aromatic carbocycles. The summed E-state index contributed by atoms with van der Waals surface area (Å²) in [5.41, 5.74) is 0.592. The van der Waals surface area contributed by atoms with Crippen LogP contribution in [0.15, 0.2) is 25.3 Å². The highest BCUT2D eigenvalue weighted by molar-refractivity contribution is 5.03. The van der Waals surface area contributed by atoms with Crippen molar-refractivity contribution in [3.63, 3.8) is 0 Å². The Labute approximate surface area is 101 Å². The van der Waals surface area contributed by atoms with Crippen LogP contribution < -0.4 is 0 Å². The van der Waals surface area contributed by atoms with Gasteiger partial charge in [-0.3, -0.25) is 0 Å². The fourth-order valence-corrected chi connectivity index (χ4v) is 4.10. The second-order valence-electron chi connectivity index (χ2n) is 6.19. The minimum absolute atomic E-state index is 0.592. The summed E-state index contributed by atoms with van der Waals surface area (Å²) in [6, 6.07) is 0. The van der Waals surface area contributed by atoms with E-state index in [9.17, 15) is 0 Å². The molecule has 0 saturated heterocycles. The van der Waals surface area contributed by atoms with Crippen molar-refractivity contribution >= 4 is 0 Å². The second-order valence-corrected chi connectivity index (χ2v) is 6.19. The number of rotatable bonds is 3. The monoisotopic (exact) mass is 218 g/mol. The summed E-state index contributed by atoms with van der Waals surface area (Å²) in [6.07, 6.45) is 14.2. The summed E-state index contributed by atoms with van der Waals surface area (Å²) in [7, 11) is 0. The summed E-state index contributed by atoms with van der Waals surface area (Å²) in [6.45, 7) is 10.6. The van der Waals surface area contributed by atoms with Crippen molar-refractivity contribution in [3.05, 3.63) is 25.3 Å². The molecule has 2 aliphatic rings. The van der Waals surface area contributed by atoms with Crippen molar-refractivity contribution in [2.45, 2.75) is 51.9 Å². The zero-order valence-electron chi connectivity index (χ0n) is 10.8. The highest BCUT2D eigenvalue weighted by Gasteiger charge is 2.43. The third-order valence-electron chi connectivity index (χ3n) is 5.18. The predicted octanol–water partition coefficient (Wildman–Crippen LogP) is 4.97. The number of allylic oxidation sites excluding steroid dienone is 2.